The molecular formula is C16H18N4O. The smallest absolute Gasteiger partial charge is 0.250 e. The van der Waals surface area contributed by atoms with E-state index < -0.39 is 0 Å². The van der Waals surface area contributed by atoms with Gasteiger partial charge in [-0.3, -0.25) is 4.79 Å². The van der Waals surface area contributed by atoms with E-state index in [1.54, 1.807) is 23.9 Å². The highest BCUT2D eigenvalue weighted by Crippen LogP contribution is 2.27. The Morgan fingerprint density at radius 1 is 1.10 bits per heavy atom. The lowest BCUT2D eigenvalue weighted by Gasteiger charge is -2.11. The highest BCUT2D eigenvalue weighted by Gasteiger charge is 2.15. The third-order valence-electron chi connectivity index (χ3n) is 4.04. The molecule has 0 aliphatic carbocycles. The van der Waals surface area contributed by atoms with Gasteiger partial charge in [0, 0.05) is 36.1 Å². The van der Waals surface area contributed by atoms with Gasteiger partial charge in [-0.1, -0.05) is 0 Å². The molecular weight excluding hydrogens is 264 g/mol. The first-order chi connectivity index (χ1) is 9.90. The molecule has 0 aromatic carbocycles. The second-order valence-corrected chi connectivity index (χ2v) is 5.47. The minimum atomic E-state index is -0.0285. The highest BCUT2D eigenvalue weighted by atomic mass is 16.1. The van der Waals surface area contributed by atoms with Crippen molar-refractivity contribution in [2.24, 2.45) is 7.05 Å². The van der Waals surface area contributed by atoms with Gasteiger partial charge in [0.1, 0.15) is 0 Å². The van der Waals surface area contributed by atoms with Gasteiger partial charge in [0.2, 0.25) is 0 Å². The molecule has 0 atom stereocenters. The molecule has 0 saturated heterocycles. The quantitative estimate of drug-likeness (QED) is 0.688. The molecule has 0 N–H and O–H groups in total. The predicted octanol–water partition coefficient (Wildman–Crippen LogP) is 2.33. The Morgan fingerprint density at radius 3 is 2.48 bits per heavy atom. The number of hydrogen-bond acceptors (Lipinski definition) is 3. The molecule has 108 valence electrons. The SMILES string of the molecule is Cc1nc2c(C)c(C)nn2c(C)c1-c1ccn(C)c(=O)c1. The van der Waals surface area contributed by atoms with Gasteiger partial charge in [0.15, 0.2) is 5.65 Å². The van der Waals surface area contributed by atoms with Crippen LogP contribution in [0.2, 0.25) is 0 Å². The summed E-state index contributed by atoms with van der Waals surface area (Å²) in [5, 5.41) is 4.55. The Kier molecular flexibility index (Phi) is 2.93. The van der Waals surface area contributed by atoms with Crippen LogP contribution in [-0.2, 0) is 7.05 Å². The van der Waals surface area contributed by atoms with Crippen LogP contribution in [0.1, 0.15) is 22.6 Å². The summed E-state index contributed by atoms with van der Waals surface area (Å²) < 4.78 is 3.42. The Labute approximate surface area is 122 Å². The first kappa shape index (κ1) is 13.5. The van der Waals surface area contributed by atoms with E-state index in [9.17, 15) is 4.79 Å². The van der Waals surface area contributed by atoms with Crippen molar-refractivity contribution in [3.63, 3.8) is 0 Å². The van der Waals surface area contributed by atoms with Gasteiger partial charge in [0.25, 0.3) is 5.56 Å². The summed E-state index contributed by atoms with van der Waals surface area (Å²) in [5.74, 6) is 0. The fourth-order valence-corrected chi connectivity index (χ4v) is 2.66. The molecule has 0 spiro atoms. The van der Waals surface area contributed by atoms with Crippen molar-refractivity contribution >= 4 is 5.65 Å². The van der Waals surface area contributed by atoms with Crippen molar-refractivity contribution in [1.82, 2.24) is 19.2 Å². The van der Waals surface area contributed by atoms with E-state index in [-0.39, 0.29) is 5.56 Å². The van der Waals surface area contributed by atoms with Gasteiger partial charge >= 0.3 is 0 Å². The lowest BCUT2D eigenvalue weighted by molar-refractivity contribution is 0.856. The summed E-state index contributed by atoms with van der Waals surface area (Å²) in [6.07, 6.45) is 1.78. The fraction of sp³-hybridized carbons (Fsp3) is 0.312. The Hall–Kier alpha value is -2.43. The van der Waals surface area contributed by atoms with Crippen LogP contribution < -0.4 is 5.56 Å². The molecule has 0 radical (unpaired) electrons. The molecule has 0 aliphatic heterocycles. The lowest BCUT2D eigenvalue weighted by Crippen LogP contribution is -2.15. The topological polar surface area (TPSA) is 52.2 Å². The maximum Gasteiger partial charge on any atom is 0.250 e. The molecule has 0 saturated carbocycles. The van der Waals surface area contributed by atoms with E-state index in [2.05, 4.69) is 10.1 Å². The van der Waals surface area contributed by atoms with Gasteiger partial charge in [-0.2, -0.15) is 5.10 Å². The first-order valence-corrected chi connectivity index (χ1v) is 6.90. The summed E-state index contributed by atoms with van der Waals surface area (Å²) in [6, 6.07) is 3.58. The standard InChI is InChI=1S/C16H18N4O/c1-9-10(2)18-20-12(4)15(11(3)17-16(9)20)13-6-7-19(5)14(21)8-13/h6-8H,1-5H3. The summed E-state index contributed by atoms with van der Waals surface area (Å²) in [5.41, 5.74) is 6.70. The van der Waals surface area contributed by atoms with Crippen LogP contribution in [0.15, 0.2) is 23.1 Å². The third kappa shape index (κ3) is 1.96. The van der Waals surface area contributed by atoms with Crippen molar-refractivity contribution in [3.05, 3.63) is 51.3 Å². The second kappa shape index (κ2) is 4.55. The molecule has 0 fully saturated rings. The average molecular weight is 282 g/mol. The first-order valence-electron chi connectivity index (χ1n) is 6.90. The zero-order chi connectivity index (χ0) is 15.3. The molecule has 5 heteroatoms. The normalized spacial score (nSPS) is 11.3. The van der Waals surface area contributed by atoms with E-state index in [0.29, 0.717) is 0 Å². The van der Waals surface area contributed by atoms with Crippen LogP contribution >= 0.6 is 0 Å². The van der Waals surface area contributed by atoms with Gasteiger partial charge in [0.05, 0.1) is 11.4 Å². The number of aromatic nitrogens is 4. The van der Waals surface area contributed by atoms with Crippen molar-refractivity contribution < 1.29 is 0 Å². The van der Waals surface area contributed by atoms with Crippen molar-refractivity contribution in [1.29, 1.82) is 0 Å². The molecule has 0 amide bonds. The molecule has 3 aromatic heterocycles. The molecule has 5 nitrogen and oxygen atoms in total. The van der Waals surface area contributed by atoms with Crippen LogP contribution in [0, 0.1) is 27.7 Å². The average Bonchev–Trinajstić information content (AvgIpc) is 2.71. The number of fused-ring (bicyclic) bond motifs is 1. The highest BCUT2D eigenvalue weighted by molar-refractivity contribution is 5.70. The molecule has 0 unspecified atom stereocenters. The van der Waals surface area contributed by atoms with E-state index in [1.165, 1.54) is 0 Å². The maximum atomic E-state index is 11.9. The number of aryl methyl sites for hydroxylation is 5. The minimum Gasteiger partial charge on any atom is -0.319 e. The number of hydrogen-bond donors (Lipinski definition) is 0. The molecule has 21 heavy (non-hydrogen) atoms. The van der Waals surface area contributed by atoms with Gasteiger partial charge in [-0.15, -0.1) is 0 Å². The van der Waals surface area contributed by atoms with Crippen LogP contribution in [-0.4, -0.2) is 19.2 Å². The van der Waals surface area contributed by atoms with Crippen LogP contribution in [0.4, 0.5) is 0 Å². The lowest BCUT2D eigenvalue weighted by atomic mass is 10.0. The van der Waals surface area contributed by atoms with Crippen molar-refractivity contribution in [2.45, 2.75) is 27.7 Å². The van der Waals surface area contributed by atoms with Crippen LogP contribution in [0.5, 0.6) is 0 Å². The monoisotopic (exact) mass is 282 g/mol. The molecule has 3 heterocycles. The molecule has 3 rings (SSSR count). The van der Waals surface area contributed by atoms with E-state index in [0.717, 1.165) is 39.4 Å². The van der Waals surface area contributed by atoms with Crippen molar-refractivity contribution in [3.8, 4) is 11.1 Å². The summed E-state index contributed by atoms with van der Waals surface area (Å²) in [6.45, 7) is 8.00. The zero-order valence-corrected chi connectivity index (χ0v) is 12.9. The third-order valence-corrected chi connectivity index (χ3v) is 4.04. The number of pyridine rings is 1. The molecule has 0 bridgehead atoms. The second-order valence-electron chi connectivity index (χ2n) is 5.47. The number of rotatable bonds is 1. The summed E-state index contributed by atoms with van der Waals surface area (Å²) >= 11 is 0. The van der Waals surface area contributed by atoms with E-state index in [1.807, 2.05) is 38.3 Å². The van der Waals surface area contributed by atoms with Crippen LogP contribution in [0.25, 0.3) is 16.8 Å². The summed E-state index contributed by atoms with van der Waals surface area (Å²) in [4.78, 5) is 16.6. The maximum absolute atomic E-state index is 11.9. The Bertz CT molecular complexity index is 918. The summed E-state index contributed by atoms with van der Waals surface area (Å²) in [7, 11) is 1.74. The molecule has 3 aromatic rings. The predicted molar refractivity (Wildman–Crippen MR) is 82.6 cm³/mol. The number of nitrogens with zero attached hydrogens (tertiary/aromatic N) is 4. The Morgan fingerprint density at radius 2 is 1.81 bits per heavy atom. The van der Waals surface area contributed by atoms with Gasteiger partial charge in [-0.05, 0) is 39.3 Å². The fourth-order valence-electron chi connectivity index (χ4n) is 2.66. The minimum absolute atomic E-state index is 0.0285. The van der Waals surface area contributed by atoms with Gasteiger partial charge < -0.3 is 4.57 Å². The van der Waals surface area contributed by atoms with Gasteiger partial charge in [-0.25, -0.2) is 9.50 Å². The van der Waals surface area contributed by atoms with Crippen molar-refractivity contribution in [2.75, 3.05) is 0 Å². The zero-order valence-electron chi connectivity index (χ0n) is 12.9. The van der Waals surface area contributed by atoms with E-state index >= 15 is 0 Å². The molecule has 0 aliphatic rings. The Balaban J connectivity index is 2.37. The van der Waals surface area contributed by atoms with E-state index in [4.69, 9.17) is 0 Å². The largest absolute Gasteiger partial charge is 0.319 e. The van der Waals surface area contributed by atoms with Crippen LogP contribution in [0.3, 0.4) is 0 Å².